The van der Waals surface area contributed by atoms with Gasteiger partial charge in [0.1, 0.15) is 0 Å². The number of hydrogen-bond acceptors (Lipinski definition) is 4. The van der Waals surface area contributed by atoms with E-state index in [2.05, 4.69) is 20.8 Å². The Bertz CT molecular complexity index is 1040. The Morgan fingerprint density at radius 1 is 1.11 bits per heavy atom. The van der Waals surface area contributed by atoms with Crippen LogP contribution in [0.1, 0.15) is 22.3 Å². The molecule has 2 amide bonds. The number of aromatic amines is 1. The van der Waals surface area contributed by atoms with E-state index in [0.717, 1.165) is 11.1 Å². The van der Waals surface area contributed by atoms with Crippen molar-refractivity contribution in [3.63, 3.8) is 0 Å². The maximum atomic E-state index is 12.3. The van der Waals surface area contributed by atoms with E-state index < -0.39 is 0 Å². The van der Waals surface area contributed by atoms with Crippen molar-refractivity contribution in [2.75, 3.05) is 12.4 Å². The molecule has 3 N–H and O–H groups in total. The Kier molecular flexibility index (Phi) is 6.00. The smallest absolute Gasteiger partial charge is 0.251 e. The average molecular weight is 395 g/mol. The summed E-state index contributed by atoms with van der Waals surface area (Å²) in [6.45, 7) is 2.42. The van der Waals surface area contributed by atoms with Gasteiger partial charge in [-0.25, -0.2) is 0 Å². The summed E-state index contributed by atoms with van der Waals surface area (Å²) in [6, 6.07) is 14.7. The number of carbonyl (C=O) groups excluding carboxylic acids is 2. The molecule has 3 rings (SSSR count). The second-order valence-electron chi connectivity index (χ2n) is 6.32. The van der Waals surface area contributed by atoms with E-state index in [0.29, 0.717) is 28.4 Å². The van der Waals surface area contributed by atoms with Crippen LogP contribution in [0.4, 0.5) is 5.69 Å². The average Bonchev–Trinajstić information content (AvgIpc) is 3.07. The highest BCUT2D eigenvalue weighted by Gasteiger charge is 2.11. The fourth-order valence-corrected chi connectivity index (χ4v) is 2.96. The summed E-state index contributed by atoms with van der Waals surface area (Å²) in [7, 11) is 1.57. The lowest BCUT2D eigenvalue weighted by atomic mass is 10.1. The molecule has 0 saturated heterocycles. The molecule has 0 unspecified atom stereocenters. The quantitative estimate of drug-likeness (QED) is 0.559. The van der Waals surface area contributed by atoms with E-state index in [4.69, 9.17) is 12.2 Å². The number of hydrogen-bond donors (Lipinski definition) is 3. The van der Waals surface area contributed by atoms with E-state index in [1.54, 1.807) is 31.3 Å². The fraction of sp³-hybridized carbons (Fsp3) is 0.200. The largest absolute Gasteiger partial charge is 0.355 e. The molecule has 0 fully saturated rings. The number of nitrogens with one attached hydrogen (secondary N) is 3. The second-order valence-corrected chi connectivity index (χ2v) is 6.71. The highest BCUT2D eigenvalue weighted by Crippen LogP contribution is 2.18. The van der Waals surface area contributed by atoms with Gasteiger partial charge < -0.3 is 10.6 Å². The van der Waals surface area contributed by atoms with Gasteiger partial charge in [-0.05, 0) is 43.4 Å². The summed E-state index contributed by atoms with van der Waals surface area (Å²) >= 11 is 5.31. The standard InChI is InChI=1S/C20H21N5O2S/c1-13-3-5-14(6-4-13)18-23-24-20(28)25(18)12-11-17(26)22-16-9-7-15(8-10-16)19(27)21-2/h3-10H,11-12H2,1-2H3,(H,21,27)(H,22,26)(H,24,28). The van der Waals surface area contributed by atoms with Crippen LogP contribution in [0.3, 0.4) is 0 Å². The summed E-state index contributed by atoms with van der Waals surface area (Å²) in [4.78, 5) is 23.9. The number of rotatable bonds is 6. The third-order valence-corrected chi connectivity index (χ3v) is 4.60. The molecule has 1 aromatic heterocycles. The van der Waals surface area contributed by atoms with Gasteiger partial charge in [-0.2, -0.15) is 5.10 Å². The summed E-state index contributed by atoms with van der Waals surface area (Å²) in [5.74, 6) is 0.384. The van der Waals surface area contributed by atoms with E-state index in [-0.39, 0.29) is 18.2 Å². The molecule has 0 atom stereocenters. The zero-order valence-electron chi connectivity index (χ0n) is 15.7. The molecule has 28 heavy (non-hydrogen) atoms. The maximum Gasteiger partial charge on any atom is 0.251 e. The number of nitrogens with zero attached hydrogens (tertiary/aromatic N) is 2. The molecule has 7 nitrogen and oxygen atoms in total. The van der Waals surface area contributed by atoms with Gasteiger partial charge in [-0.15, -0.1) is 0 Å². The monoisotopic (exact) mass is 395 g/mol. The van der Waals surface area contributed by atoms with Crippen LogP contribution in [-0.2, 0) is 11.3 Å². The summed E-state index contributed by atoms with van der Waals surface area (Å²) in [5.41, 5.74) is 3.26. The molecule has 1 heterocycles. The summed E-state index contributed by atoms with van der Waals surface area (Å²) in [6.07, 6.45) is 0.240. The Morgan fingerprint density at radius 3 is 2.43 bits per heavy atom. The van der Waals surface area contributed by atoms with Gasteiger partial charge in [-0.3, -0.25) is 19.3 Å². The van der Waals surface area contributed by atoms with Gasteiger partial charge in [0, 0.05) is 36.8 Å². The Hall–Kier alpha value is -3.26. The highest BCUT2D eigenvalue weighted by molar-refractivity contribution is 7.71. The van der Waals surface area contributed by atoms with Crippen LogP contribution in [0, 0.1) is 11.7 Å². The normalized spacial score (nSPS) is 10.5. The van der Waals surface area contributed by atoms with Crippen LogP contribution in [0.25, 0.3) is 11.4 Å². The zero-order chi connectivity index (χ0) is 20.1. The molecule has 3 aromatic rings. The van der Waals surface area contributed by atoms with Crippen LogP contribution in [0.2, 0.25) is 0 Å². The molecule has 8 heteroatoms. The van der Waals surface area contributed by atoms with Crippen molar-refractivity contribution in [1.82, 2.24) is 20.1 Å². The number of benzene rings is 2. The SMILES string of the molecule is CNC(=O)c1ccc(NC(=O)CCn2c(-c3ccc(C)cc3)n[nH]c2=S)cc1. The van der Waals surface area contributed by atoms with Crippen molar-refractivity contribution < 1.29 is 9.59 Å². The first-order chi connectivity index (χ1) is 13.5. The number of H-pyrrole nitrogens is 1. The first-order valence-corrected chi connectivity index (χ1v) is 9.23. The minimum atomic E-state index is -0.171. The molecule has 0 aliphatic heterocycles. The van der Waals surface area contributed by atoms with Gasteiger partial charge in [0.15, 0.2) is 10.6 Å². The van der Waals surface area contributed by atoms with Crippen LogP contribution in [0.5, 0.6) is 0 Å². The Morgan fingerprint density at radius 2 is 1.79 bits per heavy atom. The second kappa shape index (κ2) is 8.62. The number of amides is 2. The molecular formula is C20H21N5O2S. The Labute approximate surface area is 167 Å². The first-order valence-electron chi connectivity index (χ1n) is 8.82. The molecule has 0 bridgehead atoms. The van der Waals surface area contributed by atoms with Crippen LogP contribution < -0.4 is 10.6 Å². The first kappa shape index (κ1) is 19.5. The van der Waals surface area contributed by atoms with Crippen molar-refractivity contribution in [2.45, 2.75) is 19.9 Å². The van der Waals surface area contributed by atoms with Gasteiger partial charge >= 0.3 is 0 Å². The molecule has 0 saturated carbocycles. The van der Waals surface area contributed by atoms with E-state index >= 15 is 0 Å². The Balaban J connectivity index is 1.65. The van der Waals surface area contributed by atoms with Crippen molar-refractivity contribution >= 4 is 29.7 Å². The lowest BCUT2D eigenvalue weighted by molar-refractivity contribution is -0.116. The number of carbonyl (C=O) groups is 2. The maximum absolute atomic E-state index is 12.3. The number of aryl methyl sites for hydroxylation is 1. The minimum Gasteiger partial charge on any atom is -0.355 e. The minimum absolute atomic E-state index is 0.148. The van der Waals surface area contributed by atoms with E-state index in [1.165, 1.54) is 0 Å². The number of aromatic nitrogens is 3. The third-order valence-electron chi connectivity index (χ3n) is 4.29. The lowest BCUT2D eigenvalue weighted by Crippen LogP contribution is -2.18. The van der Waals surface area contributed by atoms with Gasteiger partial charge in [-0.1, -0.05) is 29.8 Å². The lowest BCUT2D eigenvalue weighted by Gasteiger charge is -2.09. The molecule has 0 radical (unpaired) electrons. The van der Waals surface area contributed by atoms with Crippen molar-refractivity contribution in [1.29, 1.82) is 0 Å². The molecular weight excluding hydrogens is 374 g/mol. The molecule has 0 spiro atoms. The summed E-state index contributed by atoms with van der Waals surface area (Å²) in [5, 5.41) is 12.5. The van der Waals surface area contributed by atoms with E-state index in [9.17, 15) is 9.59 Å². The van der Waals surface area contributed by atoms with Gasteiger partial charge in [0.05, 0.1) is 0 Å². The van der Waals surface area contributed by atoms with Crippen LogP contribution >= 0.6 is 12.2 Å². The summed E-state index contributed by atoms with van der Waals surface area (Å²) < 4.78 is 2.28. The predicted molar refractivity (Wildman–Crippen MR) is 111 cm³/mol. The molecule has 2 aromatic carbocycles. The van der Waals surface area contributed by atoms with Crippen LogP contribution in [0.15, 0.2) is 48.5 Å². The van der Waals surface area contributed by atoms with Crippen LogP contribution in [-0.4, -0.2) is 33.6 Å². The topological polar surface area (TPSA) is 91.8 Å². The highest BCUT2D eigenvalue weighted by atomic mass is 32.1. The van der Waals surface area contributed by atoms with Crippen molar-refractivity contribution in [3.05, 3.63) is 64.4 Å². The van der Waals surface area contributed by atoms with Crippen molar-refractivity contribution in [2.24, 2.45) is 0 Å². The third kappa shape index (κ3) is 4.52. The molecule has 144 valence electrons. The number of anilines is 1. The zero-order valence-corrected chi connectivity index (χ0v) is 16.5. The fourth-order valence-electron chi connectivity index (χ4n) is 2.73. The van der Waals surface area contributed by atoms with E-state index in [1.807, 2.05) is 35.8 Å². The van der Waals surface area contributed by atoms with Gasteiger partial charge in [0.25, 0.3) is 5.91 Å². The molecule has 0 aliphatic carbocycles. The predicted octanol–water partition coefficient (Wildman–Crippen LogP) is 3.30. The van der Waals surface area contributed by atoms with Gasteiger partial charge in [0.2, 0.25) is 5.91 Å². The van der Waals surface area contributed by atoms with Crippen molar-refractivity contribution in [3.8, 4) is 11.4 Å². The molecule has 0 aliphatic rings.